The molecule has 2 aromatic rings. The predicted molar refractivity (Wildman–Crippen MR) is 57.7 cm³/mol. The molecule has 0 radical (unpaired) electrons. The molecule has 0 aliphatic carbocycles. The number of thiophene rings is 1. The fourth-order valence-corrected chi connectivity index (χ4v) is 2.60. The zero-order valence-corrected chi connectivity index (χ0v) is 9.82. The van der Waals surface area contributed by atoms with E-state index in [2.05, 4.69) is 36.0 Å². The van der Waals surface area contributed by atoms with Crippen molar-refractivity contribution in [3.05, 3.63) is 20.8 Å². The SMILES string of the molecule is O=C(Nc1nnns1)c1sccc1Br. The summed E-state index contributed by atoms with van der Waals surface area (Å²) in [7, 11) is 0. The van der Waals surface area contributed by atoms with Crippen LogP contribution >= 0.6 is 38.8 Å². The van der Waals surface area contributed by atoms with Crippen LogP contribution in [0.25, 0.3) is 0 Å². The van der Waals surface area contributed by atoms with Gasteiger partial charge < -0.3 is 0 Å². The number of nitrogens with zero attached hydrogens (tertiary/aromatic N) is 3. The van der Waals surface area contributed by atoms with Crippen molar-refractivity contribution in [3.8, 4) is 0 Å². The fraction of sp³-hybridized carbons (Fsp3) is 0. The van der Waals surface area contributed by atoms with E-state index in [9.17, 15) is 4.79 Å². The van der Waals surface area contributed by atoms with Gasteiger partial charge in [0.25, 0.3) is 5.91 Å². The summed E-state index contributed by atoms with van der Waals surface area (Å²) in [6, 6.07) is 1.82. The second-order valence-electron chi connectivity index (χ2n) is 2.22. The molecular formula is C6H3BrN4OS2. The van der Waals surface area contributed by atoms with Crippen molar-refractivity contribution in [2.24, 2.45) is 0 Å². The molecule has 0 bridgehead atoms. The first kappa shape index (κ1) is 9.69. The number of rotatable bonds is 2. The molecule has 72 valence electrons. The molecule has 1 N–H and O–H groups in total. The maximum absolute atomic E-state index is 11.6. The molecule has 0 aromatic carbocycles. The van der Waals surface area contributed by atoms with Gasteiger partial charge in [-0.15, -0.1) is 11.3 Å². The molecule has 2 rings (SSSR count). The van der Waals surface area contributed by atoms with Gasteiger partial charge in [0.05, 0.1) is 0 Å². The molecule has 0 unspecified atom stereocenters. The molecule has 2 heterocycles. The van der Waals surface area contributed by atoms with E-state index in [-0.39, 0.29) is 5.91 Å². The molecule has 0 saturated carbocycles. The lowest BCUT2D eigenvalue weighted by molar-refractivity contribution is 0.103. The number of hydrogen-bond acceptors (Lipinski definition) is 6. The van der Waals surface area contributed by atoms with Crippen molar-refractivity contribution in [3.63, 3.8) is 0 Å². The third-order valence-corrected chi connectivity index (χ3v) is 3.69. The minimum Gasteiger partial charge on any atom is -0.294 e. The standard InChI is InChI=1S/C6H3BrN4OS2/c7-3-1-2-13-4(3)5(12)8-6-9-10-11-14-6/h1-2H,(H,8,9,11,12). The van der Waals surface area contributed by atoms with Gasteiger partial charge in [0.1, 0.15) is 4.88 Å². The van der Waals surface area contributed by atoms with Crippen molar-refractivity contribution in [1.29, 1.82) is 0 Å². The Labute approximate surface area is 95.5 Å². The number of hydrogen-bond donors (Lipinski definition) is 1. The van der Waals surface area contributed by atoms with Crippen LogP contribution in [0.2, 0.25) is 0 Å². The van der Waals surface area contributed by atoms with E-state index in [1.54, 1.807) is 0 Å². The number of anilines is 1. The highest BCUT2D eigenvalue weighted by atomic mass is 79.9. The quantitative estimate of drug-likeness (QED) is 0.919. The van der Waals surface area contributed by atoms with Crippen LogP contribution in [-0.4, -0.2) is 20.7 Å². The van der Waals surface area contributed by atoms with E-state index in [0.717, 1.165) is 16.0 Å². The van der Waals surface area contributed by atoms with Gasteiger partial charge in [-0.1, -0.05) is 9.59 Å². The average molecular weight is 291 g/mol. The number of carbonyl (C=O) groups is 1. The molecule has 8 heteroatoms. The highest BCUT2D eigenvalue weighted by Gasteiger charge is 2.12. The van der Waals surface area contributed by atoms with Gasteiger partial charge in [0, 0.05) is 16.0 Å². The monoisotopic (exact) mass is 290 g/mol. The van der Waals surface area contributed by atoms with E-state index in [0.29, 0.717) is 10.0 Å². The van der Waals surface area contributed by atoms with Gasteiger partial charge >= 0.3 is 0 Å². The average Bonchev–Trinajstić information content (AvgIpc) is 2.75. The largest absolute Gasteiger partial charge is 0.294 e. The molecule has 0 atom stereocenters. The first-order chi connectivity index (χ1) is 6.77. The van der Waals surface area contributed by atoms with E-state index >= 15 is 0 Å². The highest BCUT2D eigenvalue weighted by Crippen LogP contribution is 2.23. The smallest absolute Gasteiger partial charge is 0.268 e. The lowest BCUT2D eigenvalue weighted by Crippen LogP contribution is -2.10. The van der Waals surface area contributed by atoms with E-state index in [4.69, 9.17) is 0 Å². The van der Waals surface area contributed by atoms with Gasteiger partial charge in [-0.2, -0.15) is 0 Å². The summed E-state index contributed by atoms with van der Waals surface area (Å²) in [4.78, 5) is 12.2. The summed E-state index contributed by atoms with van der Waals surface area (Å²) in [5, 5.41) is 11.8. The van der Waals surface area contributed by atoms with Gasteiger partial charge in [-0.25, -0.2) is 0 Å². The first-order valence-electron chi connectivity index (χ1n) is 3.47. The maximum Gasteiger partial charge on any atom is 0.268 e. The predicted octanol–water partition coefficient (Wildman–Crippen LogP) is 2.01. The minimum absolute atomic E-state index is 0.203. The van der Waals surface area contributed by atoms with Crippen LogP contribution in [0.3, 0.4) is 0 Å². The molecule has 0 aliphatic rings. The van der Waals surface area contributed by atoms with Crippen LogP contribution in [0.4, 0.5) is 5.13 Å². The lowest BCUT2D eigenvalue weighted by atomic mass is 10.4. The zero-order valence-electron chi connectivity index (χ0n) is 6.60. The van der Waals surface area contributed by atoms with Crippen molar-refractivity contribution in [2.45, 2.75) is 0 Å². The van der Waals surface area contributed by atoms with Gasteiger partial charge in [-0.3, -0.25) is 10.1 Å². The van der Waals surface area contributed by atoms with E-state index in [1.165, 1.54) is 11.3 Å². The first-order valence-corrected chi connectivity index (χ1v) is 5.91. The Morgan fingerprint density at radius 1 is 1.57 bits per heavy atom. The number of aromatic nitrogens is 3. The molecule has 0 aliphatic heterocycles. The Hall–Kier alpha value is -0.860. The van der Waals surface area contributed by atoms with Crippen molar-refractivity contribution < 1.29 is 4.79 Å². The van der Waals surface area contributed by atoms with Crippen molar-refractivity contribution in [1.82, 2.24) is 14.8 Å². The topological polar surface area (TPSA) is 67.8 Å². The summed E-state index contributed by atoms with van der Waals surface area (Å²) in [5.74, 6) is -0.203. The molecule has 0 spiro atoms. The molecular weight excluding hydrogens is 288 g/mol. The third kappa shape index (κ3) is 1.97. The van der Waals surface area contributed by atoms with Gasteiger partial charge in [-0.05, 0) is 32.6 Å². The second kappa shape index (κ2) is 4.11. The van der Waals surface area contributed by atoms with Crippen LogP contribution in [0.15, 0.2) is 15.9 Å². The molecule has 0 saturated heterocycles. The van der Waals surface area contributed by atoms with Crippen molar-refractivity contribution in [2.75, 3.05) is 5.32 Å². The number of halogens is 1. The molecule has 2 aromatic heterocycles. The molecule has 14 heavy (non-hydrogen) atoms. The normalized spacial score (nSPS) is 10.1. The summed E-state index contributed by atoms with van der Waals surface area (Å²) >= 11 is 5.67. The molecule has 0 fully saturated rings. The summed E-state index contributed by atoms with van der Waals surface area (Å²) in [5.41, 5.74) is 0. The van der Waals surface area contributed by atoms with Crippen LogP contribution in [0.1, 0.15) is 9.67 Å². The summed E-state index contributed by atoms with van der Waals surface area (Å²) < 4.78 is 4.31. The van der Waals surface area contributed by atoms with E-state index in [1.807, 2.05) is 11.4 Å². The van der Waals surface area contributed by atoms with Gasteiger partial charge in [0.15, 0.2) is 0 Å². The van der Waals surface area contributed by atoms with E-state index < -0.39 is 0 Å². The Balaban J connectivity index is 2.14. The Kier molecular flexibility index (Phi) is 2.85. The second-order valence-corrected chi connectivity index (χ2v) is 4.72. The van der Waals surface area contributed by atoms with Gasteiger partial charge in [0.2, 0.25) is 5.13 Å². The lowest BCUT2D eigenvalue weighted by Gasteiger charge is -1.97. The Bertz CT molecular complexity index is 440. The third-order valence-electron chi connectivity index (χ3n) is 1.34. The van der Waals surface area contributed by atoms with Crippen LogP contribution in [0, 0.1) is 0 Å². The number of nitrogens with one attached hydrogen (secondary N) is 1. The van der Waals surface area contributed by atoms with Crippen molar-refractivity contribution >= 4 is 49.8 Å². The number of amides is 1. The zero-order chi connectivity index (χ0) is 9.97. The van der Waals surface area contributed by atoms with Crippen LogP contribution in [0.5, 0.6) is 0 Å². The fourth-order valence-electron chi connectivity index (χ4n) is 0.792. The Morgan fingerprint density at radius 3 is 3.00 bits per heavy atom. The Morgan fingerprint density at radius 2 is 2.43 bits per heavy atom. The molecule has 5 nitrogen and oxygen atoms in total. The van der Waals surface area contributed by atoms with Crippen LogP contribution in [-0.2, 0) is 0 Å². The number of carbonyl (C=O) groups excluding carboxylic acids is 1. The minimum atomic E-state index is -0.203. The molecule has 1 amide bonds. The highest BCUT2D eigenvalue weighted by molar-refractivity contribution is 9.10. The summed E-state index contributed by atoms with van der Waals surface area (Å²) in [6.07, 6.45) is 0. The summed E-state index contributed by atoms with van der Waals surface area (Å²) in [6.45, 7) is 0. The van der Waals surface area contributed by atoms with Crippen LogP contribution < -0.4 is 5.32 Å². The maximum atomic E-state index is 11.6.